The summed E-state index contributed by atoms with van der Waals surface area (Å²) in [5, 5.41) is 11.4. The van der Waals surface area contributed by atoms with E-state index >= 15 is 0 Å². The Bertz CT molecular complexity index is 664. The van der Waals surface area contributed by atoms with E-state index < -0.39 is 10.7 Å². The Hall–Kier alpha value is -2.18. The summed E-state index contributed by atoms with van der Waals surface area (Å²) in [6, 6.07) is 7.66. The van der Waals surface area contributed by atoms with Gasteiger partial charge in [0.2, 0.25) is 5.75 Å². The standard InChI is InChI=1S/C13H10ClFN2O3/c14-9-1-4-12(8(5-9)7-16)20-13-6-10(15)2-3-11(13)17(18)19/h1-6H,7,16H2. The number of nitrogens with zero attached hydrogens (tertiary/aromatic N) is 1. The molecule has 2 N–H and O–H groups in total. The van der Waals surface area contributed by atoms with E-state index in [1.807, 2.05) is 0 Å². The van der Waals surface area contributed by atoms with Gasteiger partial charge in [-0.25, -0.2) is 4.39 Å². The van der Waals surface area contributed by atoms with E-state index in [-0.39, 0.29) is 18.0 Å². The van der Waals surface area contributed by atoms with Crippen LogP contribution < -0.4 is 10.5 Å². The van der Waals surface area contributed by atoms with Crippen LogP contribution in [0.4, 0.5) is 10.1 Å². The van der Waals surface area contributed by atoms with Crippen LogP contribution in [0.25, 0.3) is 0 Å². The fourth-order valence-electron chi connectivity index (χ4n) is 1.65. The number of halogens is 2. The minimum absolute atomic E-state index is 0.138. The number of nitrogens with two attached hydrogens (primary N) is 1. The van der Waals surface area contributed by atoms with Crippen LogP contribution in [0.2, 0.25) is 5.02 Å². The quantitative estimate of drug-likeness (QED) is 0.690. The summed E-state index contributed by atoms with van der Waals surface area (Å²) in [5.74, 6) is -0.522. The van der Waals surface area contributed by atoms with Gasteiger partial charge in [-0.2, -0.15) is 0 Å². The minimum atomic E-state index is -0.646. The normalized spacial score (nSPS) is 10.3. The molecule has 0 heterocycles. The summed E-state index contributed by atoms with van der Waals surface area (Å²) in [4.78, 5) is 10.2. The number of nitro groups is 1. The molecular weight excluding hydrogens is 287 g/mol. The van der Waals surface area contributed by atoms with Gasteiger partial charge < -0.3 is 10.5 Å². The monoisotopic (exact) mass is 296 g/mol. The molecule has 0 aliphatic carbocycles. The van der Waals surface area contributed by atoms with Gasteiger partial charge >= 0.3 is 5.69 Å². The van der Waals surface area contributed by atoms with Crippen molar-refractivity contribution < 1.29 is 14.1 Å². The molecular formula is C13H10ClFN2O3. The van der Waals surface area contributed by atoms with Crippen LogP contribution in [0.5, 0.6) is 11.5 Å². The molecule has 5 nitrogen and oxygen atoms in total. The lowest BCUT2D eigenvalue weighted by molar-refractivity contribution is -0.385. The van der Waals surface area contributed by atoms with Crippen molar-refractivity contribution in [3.05, 3.63) is 62.9 Å². The second-order valence-corrected chi connectivity index (χ2v) is 4.36. The zero-order chi connectivity index (χ0) is 14.7. The third-order valence-electron chi connectivity index (χ3n) is 2.58. The Kier molecular flexibility index (Phi) is 4.16. The van der Waals surface area contributed by atoms with E-state index in [0.717, 1.165) is 18.2 Å². The molecule has 2 rings (SSSR count). The van der Waals surface area contributed by atoms with Crippen molar-refractivity contribution in [2.24, 2.45) is 5.73 Å². The average Bonchev–Trinajstić information content (AvgIpc) is 2.40. The Morgan fingerprint density at radius 1 is 1.25 bits per heavy atom. The van der Waals surface area contributed by atoms with Gasteiger partial charge in [0.1, 0.15) is 11.6 Å². The van der Waals surface area contributed by atoms with Crippen molar-refractivity contribution in [1.82, 2.24) is 0 Å². The molecule has 2 aromatic carbocycles. The first-order valence-corrected chi connectivity index (χ1v) is 5.99. The van der Waals surface area contributed by atoms with Gasteiger partial charge in [0.25, 0.3) is 0 Å². The van der Waals surface area contributed by atoms with Gasteiger partial charge in [0.15, 0.2) is 0 Å². The van der Waals surface area contributed by atoms with Crippen LogP contribution in [0.15, 0.2) is 36.4 Å². The average molecular weight is 297 g/mol. The van der Waals surface area contributed by atoms with E-state index in [2.05, 4.69) is 0 Å². The maximum absolute atomic E-state index is 13.2. The number of nitro benzene ring substituents is 1. The molecule has 7 heteroatoms. The zero-order valence-corrected chi connectivity index (χ0v) is 10.9. The fraction of sp³-hybridized carbons (Fsp3) is 0.0769. The van der Waals surface area contributed by atoms with Gasteiger partial charge in [-0.15, -0.1) is 0 Å². The molecule has 0 amide bonds. The van der Waals surface area contributed by atoms with Crippen molar-refractivity contribution in [2.75, 3.05) is 0 Å². The third-order valence-corrected chi connectivity index (χ3v) is 2.82. The van der Waals surface area contributed by atoms with E-state index in [1.165, 1.54) is 6.07 Å². The molecule has 20 heavy (non-hydrogen) atoms. The minimum Gasteiger partial charge on any atom is -0.450 e. The first-order chi connectivity index (χ1) is 9.51. The Balaban J connectivity index is 2.44. The van der Waals surface area contributed by atoms with Crippen LogP contribution in [-0.2, 0) is 6.54 Å². The van der Waals surface area contributed by atoms with Crippen molar-refractivity contribution in [3.8, 4) is 11.5 Å². The fourth-order valence-corrected chi connectivity index (χ4v) is 1.84. The predicted molar refractivity (Wildman–Crippen MR) is 72.5 cm³/mol. The van der Waals surface area contributed by atoms with Gasteiger partial charge in [-0.05, 0) is 24.3 Å². The Morgan fingerprint density at radius 2 is 2.00 bits per heavy atom. The maximum Gasteiger partial charge on any atom is 0.311 e. The van der Waals surface area contributed by atoms with Crippen molar-refractivity contribution in [1.29, 1.82) is 0 Å². The van der Waals surface area contributed by atoms with Crippen molar-refractivity contribution in [2.45, 2.75) is 6.54 Å². The van der Waals surface area contributed by atoms with E-state index in [9.17, 15) is 14.5 Å². The van der Waals surface area contributed by atoms with Gasteiger partial charge in [0, 0.05) is 29.3 Å². The number of hydrogen-bond donors (Lipinski definition) is 1. The van der Waals surface area contributed by atoms with Gasteiger partial charge in [0.05, 0.1) is 4.92 Å². The molecule has 0 atom stereocenters. The first kappa shape index (κ1) is 14.2. The highest BCUT2D eigenvalue weighted by Crippen LogP contribution is 2.34. The summed E-state index contributed by atoms with van der Waals surface area (Å²) < 4.78 is 18.6. The Labute approximate surface area is 118 Å². The molecule has 0 aliphatic rings. The van der Waals surface area contributed by atoms with E-state index in [1.54, 1.807) is 12.1 Å². The molecule has 0 bridgehead atoms. The van der Waals surface area contributed by atoms with Crippen LogP contribution >= 0.6 is 11.6 Å². The summed E-state index contributed by atoms with van der Waals surface area (Å²) in [5.41, 5.74) is 5.79. The molecule has 0 aliphatic heterocycles. The van der Waals surface area contributed by atoms with Crippen LogP contribution in [0.3, 0.4) is 0 Å². The summed E-state index contributed by atoms with van der Waals surface area (Å²) in [7, 11) is 0. The number of ether oxygens (including phenoxy) is 1. The molecule has 2 aromatic rings. The lowest BCUT2D eigenvalue weighted by Gasteiger charge is -2.10. The van der Waals surface area contributed by atoms with Crippen molar-refractivity contribution >= 4 is 17.3 Å². The summed E-state index contributed by atoms with van der Waals surface area (Å²) >= 11 is 5.83. The smallest absolute Gasteiger partial charge is 0.311 e. The second kappa shape index (κ2) is 5.85. The molecule has 104 valence electrons. The van der Waals surface area contributed by atoms with Crippen LogP contribution in [0.1, 0.15) is 5.56 Å². The van der Waals surface area contributed by atoms with Crippen molar-refractivity contribution in [3.63, 3.8) is 0 Å². The van der Waals surface area contributed by atoms with E-state index in [0.29, 0.717) is 16.3 Å². The third kappa shape index (κ3) is 3.04. The van der Waals surface area contributed by atoms with Gasteiger partial charge in [-0.1, -0.05) is 11.6 Å². The highest BCUT2D eigenvalue weighted by atomic mass is 35.5. The van der Waals surface area contributed by atoms with E-state index in [4.69, 9.17) is 22.1 Å². The van der Waals surface area contributed by atoms with Crippen LogP contribution in [0, 0.1) is 15.9 Å². The van der Waals surface area contributed by atoms with Gasteiger partial charge in [-0.3, -0.25) is 10.1 Å². The predicted octanol–water partition coefficient (Wildman–Crippen LogP) is 3.64. The molecule has 0 unspecified atom stereocenters. The number of benzene rings is 2. The topological polar surface area (TPSA) is 78.4 Å². The Morgan fingerprint density at radius 3 is 2.65 bits per heavy atom. The molecule has 0 aromatic heterocycles. The molecule has 0 radical (unpaired) electrons. The zero-order valence-electron chi connectivity index (χ0n) is 10.2. The SMILES string of the molecule is NCc1cc(Cl)ccc1Oc1cc(F)ccc1[N+](=O)[O-]. The summed E-state index contributed by atoms with van der Waals surface area (Å²) in [6.07, 6.45) is 0. The molecule has 0 fully saturated rings. The first-order valence-electron chi connectivity index (χ1n) is 5.61. The lowest BCUT2D eigenvalue weighted by Crippen LogP contribution is -2.01. The summed E-state index contributed by atoms with van der Waals surface area (Å²) in [6.45, 7) is 0.138. The highest BCUT2D eigenvalue weighted by molar-refractivity contribution is 6.30. The highest BCUT2D eigenvalue weighted by Gasteiger charge is 2.17. The number of hydrogen-bond acceptors (Lipinski definition) is 4. The molecule has 0 saturated carbocycles. The molecule has 0 saturated heterocycles. The molecule has 0 spiro atoms. The lowest BCUT2D eigenvalue weighted by atomic mass is 10.2. The van der Waals surface area contributed by atoms with Crippen LogP contribution in [-0.4, -0.2) is 4.92 Å². The largest absolute Gasteiger partial charge is 0.450 e. The maximum atomic E-state index is 13.2. The second-order valence-electron chi connectivity index (χ2n) is 3.93. The number of rotatable bonds is 4.